The summed E-state index contributed by atoms with van der Waals surface area (Å²) in [7, 11) is 2.08. The standard InChI is InChI=1S/C14H22BrN3/c1-3-11-13(15)12(18(2)17-11)9-14(10-5-6-10)7-4-8-16-14/h10,16H,3-9H2,1-2H3. The highest BCUT2D eigenvalue weighted by Crippen LogP contribution is 2.46. The molecule has 1 atom stereocenters. The fraction of sp³-hybridized carbons (Fsp3) is 0.786. The SMILES string of the molecule is CCc1nn(C)c(CC2(C3CC3)CCCN2)c1Br. The monoisotopic (exact) mass is 311 g/mol. The summed E-state index contributed by atoms with van der Waals surface area (Å²) in [5, 5.41) is 8.42. The summed E-state index contributed by atoms with van der Waals surface area (Å²) in [5.41, 5.74) is 2.92. The van der Waals surface area contributed by atoms with Crippen LogP contribution in [0.5, 0.6) is 0 Å². The van der Waals surface area contributed by atoms with Crippen molar-refractivity contribution in [2.24, 2.45) is 13.0 Å². The lowest BCUT2D eigenvalue weighted by Crippen LogP contribution is -2.44. The second kappa shape index (κ2) is 4.64. The second-order valence-corrected chi connectivity index (χ2v) is 6.62. The molecule has 1 aromatic heterocycles. The molecule has 0 aromatic carbocycles. The molecule has 3 nitrogen and oxygen atoms in total. The molecule has 3 rings (SSSR count). The third-order valence-electron chi connectivity index (χ3n) is 4.62. The third-order valence-corrected chi connectivity index (χ3v) is 5.54. The van der Waals surface area contributed by atoms with Crippen molar-refractivity contribution in [1.29, 1.82) is 0 Å². The van der Waals surface area contributed by atoms with Gasteiger partial charge in [-0.25, -0.2) is 0 Å². The first-order valence-corrected chi connectivity index (χ1v) is 7.91. The molecule has 100 valence electrons. The van der Waals surface area contributed by atoms with E-state index < -0.39 is 0 Å². The van der Waals surface area contributed by atoms with Gasteiger partial charge in [-0.3, -0.25) is 4.68 Å². The number of nitrogens with one attached hydrogen (secondary N) is 1. The molecule has 0 radical (unpaired) electrons. The Morgan fingerprint density at radius 2 is 2.28 bits per heavy atom. The van der Waals surface area contributed by atoms with Crippen LogP contribution < -0.4 is 5.32 Å². The van der Waals surface area contributed by atoms with E-state index in [0.29, 0.717) is 5.54 Å². The van der Waals surface area contributed by atoms with E-state index in [4.69, 9.17) is 0 Å². The smallest absolute Gasteiger partial charge is 0.0766 e. The Morgan fingerprint density at radius 1 is 1.50 bits per heavy atom. The maximum Gasteiger partial charge on any atom is 0.0766 e. The summed E-state index contributed by atoms with van der Waals surface area (Å²) >= 11 is 3.75. The van der Waals surface area contributed by atoms with Crippen molar-refractivity contribution in [2.75, 3.05) is 6.54 Å². The first-order chi connectivity index (χ1) is 8.66. The lowest BCUT2D eigenvalue weighted by Gasteiger charge is -2.30. The van der Waals surface area contributed by atoms with Crippen LogP contribution in [-0.2, 0) is 19.9 Å². The van der Waals surface area contributed by atoms with Crippen LogP contribution >= 0.6 is 15.9 Å². The zero-order valence-corrected chi connectivity index (χ0v) is 12.9. The first-order valence-electron chi connectivity index (χ1n) is 7.11. The van der Waals surface area contributed by atoms with Crippen molar-refractivity contribution in [3.63, 3.8) is 0 Å². The number of hydrogen-bond acceptors (Lipinski definition) is 2. The molecular formula is C14H22BrN3. The van der Waals surface area contributed by atoms with Crippen molar-refractivity contribution in [3.05, 3.63) is 15.9 Å². The van der Waals surface area contributed by atoms with Crippen molar-refractivity contribution in [2.45, 2.75) is 51.0 Å². The lowest BCUT2D eigenvalue weighted by atomic mass is 9.86. The van der Waals surface area contributed by atoms with Gasteiger partial charge in [-0.05, 0) is 60.5 Å². The van der Waals surface area contributed by atoms with Crippen molar-refractivity contribution >= 4 is 15.9 Å². The fourth-order valence-corrected chi connectivity index (χ4v) is 4.18. The van der Waals surface area contributed by atoms with Crippen LogP contribution in [0.15, 0.2) is 4.47 Å². The van der Waals surface area contributed by atoms with Crippen LogP contribution in [-0.4, -0.2) is 21.9 Å². The number of rotatable bonds is 4. The van der Waals surface area contributed by atoms with Crippen LogP contribution in [0.2, 0.25) is 0 Å². The van der Waals surface area contributed by atoms with Gasteiger partial charge >= 0.3 is 0 Å². The molecule has 0 bridgehead atoms. The van der Waals surface area contributed by atoms with Gasteiger partial charge < -0.3 is 5.32 Å². The van der Waals surface area contributed by atoms with Crippen LogP contribution in [0.25, 0.3) is 0 Å². The van der Waals surface area contributed by atoms with Crippen LogP contribution in [0.1, 0.15) is 44.0 Å². The van der Waals surface area contributed by atoms with E-state index in [0.717, 1.165) is 18.8 Å². The molecule has 4 heteroatoms. The van der Waals surface area contributed by atoms with E-state index in [1.807, 2.05) is 0 Å². The average molecular weight is 312 g/mol. The van der Waals surface area contributed by atoms with E-state index in [2.05, 4.69) is 45.0 Å². The molecule has 1 N–H and O–H groups in total. The lowest BCUT2D eigenvalue weighted by molar-refractivity contribution is 0.316. The zero-order valence-electron chi connectivity index (χ0n) is 11.3. The molecule has 2 heterocycles. The Hall–Kier alpha value is -0.350. The normalized spacial score (nSPS) is 27.9. The van der Waals surface area contributed by atoms with Crippen molar-refractivity contribution < 1.29 is 0 Å². The fourth-order valence-electron chi connectivity index (χ4n) is 3.42. The summed E-state index contributed by atoms with van der Waals surface area (Å²) in [6.07, 6.45) is 7.59. The number of nitrogens with zero attached hydrogens (tertiary/aromatic N) is 2. The average Bonchev–Trinajstić information content (AvgIpc) is 3.07. The molecule has 0 amide bonds. The van der Waals surface area contributed by atoms with E-state index in [-0.39, 0.29) is 0 Å². The van der Waals surface area contributed by atoms with Gasteiger partial charge in [-0.1, -0.05) is 6.92 Å². The van der Waals surface area contributed by atoms with Gasteiger partial charge in [0, 0.05) is 19.0 Å². The Kier molecular flexibility index (Phi) is 3.27. The second-order valence-electron chi connectivity index (χ2n) is 5.82. The summed E-state index contributed by atoms with van der Waals surface area (Å²) in [5.74, 6) is 0.895. The molecular weight excluding hydrogens is 290 g/mol. The predicted molar refractivity (Wildman–Crippen MR) is 76.7 cm³/mol. The maximum absolute atomic E-state index is 4.62. The minimum Gasteiger partial charge on any atom is -0.311 e. The zero-order chi connectivity index (χ0) is 12.8. The van der Waals surface area contributed by atoms with E-state index >= 15 is 0 Å². The molecule has 1 unspecified atom stereocenters. The van der Waals surface area contributed by atoms with Gasteiger partial charge in [-0.2, -0.15) is 5.10 Å². The number of halogens is 1. The Morgan fingerprint density at radius 3 is 2.78 bits per heavy atom. The summed E-state index contributed by atoms with van der Waals surface area (Å²) < 4.78 is 3.31. The Bertz CT molecular complexity index is 442. The predicted octanol–water partition coefficient (Wildman–Crippen LogP) is 2.82. The Labute approximate surface area is 117 Å². The molecule has 1 saturated carbocycles. The Balaban J connectivity index is 1.89. The molecule has 1 aromatic rings. The van der Waals surface area contributed by atoms with Crippen LogP contribution in [0, 0.1) is 5.92 Å². The highest BCUT2D eigenvalue weighted by atomic mass is 79.9. The van der Waals surface area contributed by atoms with E-state index in [9.17, 15) is 0 Å². The molecule has 1 saturated heterocycles. The van der Waals surface area contributed by atoms with E-state index in [1.165, 1.54) is 48.1 Å². The van der Waals surface area contributed by atoms with Crippen LogP contribution in [0.4, 0.5) is 0 Å². The first kappa shape index (κ1) is 12.7. The van der Waals surface area contributed by atoms with Gasteiger partial charge in [0.1, 0.15) is 0 Å². The summed E-state index contributed by atoms with van der Waals surface area (Å²) in [6.45, 7) is 3.36. The van der Waals surface area contributed by atoms with Gasteiger partial charge in [-0.15, -0.1) is 0 Å². The molecule has 2 aliphatic rings. The maximum atomic E-state index is 4.62. The third kappa shape index (κ3) is 2.03. The van der Waals surface area contributed by atoms with E-state index in [1.54, 1.807) is 0 Å². The molecule has 1 aliphatic heterocycles. The molecule has 2 fully saturated rings. The van der Waals surface area contributed by atoms with Crippen molar-refractivity contribution in [3.8, 4) is 0 Å². The largest absolute Gasteiger partial charge is 0.311 e. The minimum absolute atomic E-state index is 0.362. The summed E-state index contributed by atoms with van der Waals surface area (Å²) in [4.78, 5) is 0. The molecule has 0 spiro atoms. The highest BCUT2D eigenvalue weighted by Gasteiger charge is 2.47. The van der Waals surface area contributed by atoms with Crippen molar-refractivity contribution in [1.82, 2.24) is 15.1 Å². The molecule has 1 aliphatic carbocycles. The number of aromatic nitrogens is 2. The minimum atomic E-state index is 0.362. The van der Waals surface area contributed by atoms with Crippen LogP contribution in [0.3, 0.4) is 0 Å². The quantitative estimate of drug-likeness (QED) is 0.926. The van der Waals surface area contributed by atoms with Gasteiger partial charge in [0.15, 0.2) is 0 Å². The van der Waals surface area contributed by atoms with Gasteiger partial charge in [0.05, 0.1) is 15.9 Å². The molecule has 18 heavy (non-hydrogen) atoms. The number of hydrogen-bond donors (Lipinski definition) is 1. The topological polar surface area (TPSA) is 29.9 Å². The number of aryl methyl sites for hydroxylation is 2. The summed E-state index contributed by atoms with van der Waals surface area (Å²) in [6, 6.07) is 0. The highest BCUT2D eigenvalue weighted by molar-refractivity contribution is 9.10. The van der Waals surface area contributed by atoms with Gasteiger partial charge in [0.25, 0.3) is 0 Å². The van der Waals surface area contributed by atoms with Gasteiger partial charge in [0.2, 0.25) is 0 Å².